The molecule has 0 bridgehead atoms. The van der Waals surface area contributed by atoms with Crippen LogP contribution in [0, 0.1) is 0 Å². The molecule has 1 fully saturated rings. The third-order valence-electron chi connectivity index (χ3n) is 5.67. The van der Waals surface area contributed by atoms with Gasteiger partial charge in [0.05, 0.1) is 18.2 Å². The monoisotopic (exact) mass is 384 g/mol. The Morgan fingerprint density at radius 1 is 1.26 bits per heavy atom. The van der Waals surface area contributed by atoms with E-state index in [0.717, 1.165) is 41.8 Å². The zero-order chi connectivity index (χ0) is 19.2. The molecule has 27 heavy (non-hydrogen) atoms. The van der Waals surface area contributed by atoms with E-state index < -0.39 is 16.8 Å². The first-order chi connectivity index (χ1) is 13.0. The maximum atomic E-state index is 12.9. The number of ether oxygens (including phenoxy) is 1. The van der Waals surface area contributed by atoms with Crippen molar-refractivity contribution in [1.29, 1.82) is 0 Å². The largest absolute Gasteiger partial charge is 0.588 e. The lowest BCUT2D eigenvalue weighted by Crippen LogP contribution is -2.40. The third-order valence-corrected chi connectivity index (χ3v) is 6.82. The van der Waals surface area contributed by atoms with Crippen molar-refractivity contribution in [1.82, 2.24) is 0 Å². The Hall–Kier alpha value is -2.18. The molecular weight excluding hydrogens is 360 g/mol. The Labute approximate surface area is 162 Å². The molecule has 2 aliphatic rings. The highest BCUT2D eigenvalue weighted by molar-refractivity contribution is 7.92. The number of hydrogen-bond acceptors (Lipinski definition) is 4. The first-order valence-corrected chi connectivity index (χ1v) is 10.4. The zero-order valence-corrected chi connectivity index (χ0v) is 16.6. The van der Waals surface area contributed by atoms with E-state index >= 15 is 0 Å². The standard InChI is InChI=1S/C21H24N2O3S/c1-13(2)15-11-14(23-27(25)18-8-5-4-7-17(18)26-3)12-16-19(15)22-20(24)21(16)9-6-10-21/h4-5,7-8,11-13,23H,6,9-10H2,1-3H3,(H,22,24). The fourth-order valence-corrected chi connectivity index (χ4v) is 4.99. The molecule has 2 aromatic carbocycles. The smallest absolute Gasteiger partial charge is 0.235 e. The molecule has 1 atom stereocenters. The van der Waals surface area contributed by atoms with Crippen molar-refractivity contribution in [2.24, 2.45) is 0 Å². The molecule has 2 aromatic rings. The molecule has 1 unspecified atom stereocenters. The first-order valence-electron chi connectivity index (χ1n) is 9.27. The van der Waals surface area contributed by atoms with Crippen LogP contribution >= 0.6 is 0 Å². The minimum atomic E-state index is -1.46. The van der Waals surface area contributed by atoms with Crippen LogP contribution in [-0.4, -0.2) is 17.6 Å². The van der Waals surface area contributed by atoms with Gasteiger partial charge in [-0.3, -0.25) is 4.79 Å². The summed E-state index contributed by atoms with van der Waals surface area (Å²) in [5.74, 6) is 0.935. The predicted octanol–water partition coefficient (Wildman–Crippen LogP) is 4.33. The van der Waals surface area contributed by atoms with Crippen LogP contribution in [0.1, 0.15) is 50.2 Å². The summed E-state index contributed by atoms with van der Waals surface area (Å²) in [5, 5.41) is 3.11. The van der Waals surface area contributed by atoms with Crippen molar-refractivity contribution in [2.45, 2.75) is 49.3 Å². The van der Waals surface area contributed by atoms with Gasteiger partial charge in [0.1, 0.15) is 11.4 Å². The van der Waals surface area contributed by atoms with E-state index in [1.54, 1.807) is 19.2 Å². The van der Waals surface area contributed by atoms with Gasteiger partial charge in [-0.15, -0.1) is 0 Å². The molecule has 142 valence electrons. The summed E-state index contributed by atoms with van der Waals surface area (Å²) in [6.45, 7) is 4.21. The lowest BCUT2D eigenvalue weighted by Gasteiger charge is -2.36. The summed E-state index contributed by atoms with van der Waals surface area (Å²) >= 11 is -1.46. The predicted molar refractivity (Wildman–Crippen MR) is 108 cm³/mol. The molecule has 1 saturated carbocycles. The molecule has 0 aromatic heterocycles. The molecule has 4 rings (SSSR count). The molecular formula is C21H24N2O3S. The average molecular weight is 385 g/mol. The van der Waals surface area contributed by atoms with Crippen LogP contribution in [0.15, 0.2) is 41.3 Å². The number of para-hydroxylation sites is 1. The quantitative estimate of drug-likeness (QED) is 0.753. The van der Waals surface area contributed by atoms with E-state index in [9.17, 15) is 9.35 Å². The van der Waals surface area contributed by atoms with Crippen LogP contribution in [0.2, 0.25) is 0 Å². The van der Waals surface area contributed by atoms with Gasteiger partial charge in [0, 0.05) is 5.69 Å². The van der Waals surface area contributed by atoms with Crippen LogP contribution in [0.5, 0.6) is 5.75 Å². The van der Waals surface area contributed by atoms with E-state index in [4.69, 9.17) is 4.74 Å². The molecule has 0 saturated heterocycles. The molecule has 2 N–H and O–H groups in total. The van der Waals surface area contributed by atoms with Crippen molar-refractivity contribution in [2.75, 3.05) is 17.1 Å². The highest BCUT2D eigenvalue weighted by Gasteiger charge is 2.51. The number of fused-ring (bicyclic) bond motifs is 2. The number of carbonyl (C=O) groups is 1. The Bertz CT molecular complexity index is 893. The van der Waals surface area contributed by atoms with E-state index in [2.05, 4.69) is 23.9 Å². The fourth-order valence-electron chi connectivity index (χ4n) is 4.01. The molecule has 6 heteroatoms. The third kappa shape index (κ3) is 2.87. The van der Waals surface area contributed by atoms with Gasteiger partial charge >= 0.3 is 0 Å². The Balaban J connectivity index is 1.72. The highest BCUT2D eigenvalue weighted by Crippen LogP contribution is 2.53. The second-order valence-corrected chi connectivity index (χ2v) is 8.74. The number of carbonyl (C=O) groups excluding carboxylic acids is 1. The number of amides is 1. The second kappa shape index (κ2) is 6.77. The van der Waals surface area contributed by atoms with Crippen molar-refractivity contribution in [3.8, 4) is 5.75 Å². The topological polar surface area (TPSA) is 73.4 Å². The summed E-state index contributed by atoms with van der Waals surface area (Å²) < 4.78 is 21.4. The molecule has 1 aliphatic carbocycles. The van der Waals surface area contributed by atoms with Crippen LogP contribution < -0.4 is 14.8 Å². The lowest BCUT2D eigenvalue weighted by molar-refractivity contribution is -0.123. The lowest BCUT2D eigenvalue weighted by atomic mass is 9.65. The summed E-state index contributed by atoms with van der Waals surface area (Å²) in [4.78, 5) is 13.2. The Morgan fingerprint density at radius 3 is 2.63 bits per heavy atom. The number of methoxy groups -OCH3 is 1. The molecule has 0 radical (unpaired) electrons. The summed E-state index contributed by atoms with van der Waals surface area (Å²) in [5.41, 5.74) is 3.43. The molecule has 1 heterocycles. The van der Waals surface area contributed by atoms with Crippen LogP contribution in [-0.2, 0) is 21.6 Å². The number of hydrogen-bond donors (Lipinski definition) is 2. The van der Waals surface area contributed by atoms with E-state index in [1.807, 2.05) is 24.3 Å². The fraction of sp³-hybridized carbons (Fsp3) is 0.381. The van der Waals surface area contributed by atoms with Gasteiger partial charge in [-0.2, -0.15) is 0 Å². The van der Waals surface area contributed by atoms with Gasteiger partial charge in [-0.1, -0.05) is 32.4 Å². The maximum absolute atomic E-state index is 12.9. The van der Waals surface area contributed by atoms with Crippen molar-refractivity contribution in [3.63, 3.8) is 0 Å². The average Bonchev–Trinajstić information content (AvgIpc) is 2.92. The van der Waals surface area contributed by atoms with Gasteiger partial charge in [0.2, 0.25) is 10.8 Å². The molecule has 5 nitrogen and oxygen atoms in total. The number of benzene rings is 2. The Morgan fingerprint density at radius 2 is 2.00 bits per heavy atom. The highest BCUT2D eigenvalue weighted by atomic mass is 32.2. The number of anilines is 2. The summed E-state index contributed by atoms with van der Waals surface area (Å²) in [6.07, 6.45) is 2.82. The minimum absolute atomic E-state index is 0.105. The van der Waals surface area contributed by atoms with E-state index in [0.29, 0.717) is 10.6 Å². The minimum Gasteiger partial charge on any atom is -0.588 e. The van der Waals surface area contributed by atoms with Crippen molar-refractivity contribution >= 4 is 28.6 Å². The van der Waals surface area contributed by atoms with Gasteiger partial charge < -0.3 is 14.6 Å². The van der Waals surface area contributed by atoms with Crippen LogP contribution in [0.4, 0.5) is 11.4 Å². The number of nitrogens with one attached hydrogen (secondary N) is 2. The molecule has 1 spiro atoms. The van der Waals surface area contributed by atoms with Gasteiger partial charge in [0.15, 0.2) is 5.75 Å². The first kappa shape index (κ1) is 18.2. The van der Waals surface area contributed by atoms with Crippen LogP contribution in [0.3, 0.4) is 0 Å². The molecule has 1 amide bonds. The van der Waals surface area contributed by atoms with Crippen molar-refractivity contribution in [3.05, 3.63) is 47.5 Å². The van der Waals surface area contributed by atoms with Gasteiger partial charge in [-0.05, 0) is 54.2 Å². The zero-order valence-electron chi connectivity index (χ0n) is 15.8. The molecule has 1 aliphatic heterocycles. The summed E-state index contributed by atoms with van der Waals surface area (Å²) in [7, 11) is 1.57. The van der Waals surface area contributed by atoms with E-state index in [1.165, 1.54) is 0 Å². The SMILES string of the molecule is COc1ccccc1[S+]([O-])Nc1cc(C(C)C)c2c(c1)C1(CCC1)C(=O)N2. The van der Waals surface area contributed by atoms with E-state index in [-0.39, 0.29) is 11.8 Å². The Kier molecular flexibility index (Phi) is 4.56. The maximum Gasteiger partial charge on any atom is 0.235 e. The van der Waals surface area contributed by atoms with Crippen LogP contribution in [0.25, 0.3) is 0 Å². The van der Waals surface area contributed by atoms with Crippen molar-refractivity contribution < 1.29 is 14.1 Å². The second-order valence-electron chi connectivity index (χ2n) is 7.55. The normalized spacial score (nSPS) is 18.0. The number of rotatable bonds is 5. The van der Waals surface area contributed by atoms with Gasteiger partial charge in [-0.25, -0.2) is 4.72 Å². The van der Waals surface area contributed by atoms with Gasteiger partial charge in [0.25, 0.3) is 0 Å². The summed E-state index contributed by atoms with van der Waals surface area (Å²) in [6, 6.07) is 11.3.